The monoisotopic (exact) mass is 291 g/mol. The smallest absolute Gasteiger partial charge is 0.175 e. The van der Waals surface area contributed by atoms with Crippen molar-refractivity contribution < 1.29 is 13.2 Å². The maximum absolute atomic E-state index is 11.5. The van der Waals surface area contributed by atoms with E-state index >= 15 is 0 Å². The van der Waals surface area contributed by atoms with E-state index in [2.05, 4.69) is 0 Å². The number of sulfone groups is 1. The second-order valence-electron chi connectivity index (χ2n) is 4.65. The predicted molar refractivity (Wildman–Crippen MR) is 78.7 cm³/mol. The zero-order valence-electron chi connectivity index (χ0n) is 11.5. The lowest BCUT2D eigenvalue weighted by molar-refractivity contribution is 0.476. The summed E-state index contributed by atoms with van der Waals surface area (Å²) in [6.07, 6.45) is 1.17. The van der Waals surface area contributed by atoms with Gasteiger partial charge in [-0.25, -0.2) is 8.42 Å². The highest BCUT2D eigenvalue weighted by atomic mass is 32.2. The van der Waals surface area contributed by atoms with Crippen LogP contribution in [-0.2, 0) is 16.4 Å². The minimum atomic E-state index is -3.24. The molecule has 0 fully saturated rings. The van der Waals surface area contributed by atoms with Gasteiger partial charge in [0.25, 0.3) is 0 Å². The summed E-state index contributed by atoms with van der Waals surface area (Å²) in [7, 11) is -3.24. The van der Waals surface area contributed by atoms with Gasteiger partial charge in [0.1, 0.15) is 11.5 Å². The molecule has 20 heavy (non-hydrogen) atoms. The van der Waals surface area contributed by atoms with Crippen LogP contribution in [0.25, 0.3) is 0 Å². The van der Waals surface area contributed by atoms with Gasteiger partial charge in [-0.3, -0.25) is 0 Å². The minimum Gasteiger partial charge on any atom is -0.457 e. The van der Waals surface area contributed by atoms with Gasteiger partial charge in [-0.05, 0) is 42.3 Å². The van der Waals surface area contributed by atoms with Gasteiger partial charge in [-0.1, -0.05) is 18.2 Å². The van der Waals surface area contributed by atoms with E-state index < -0.39 is 9.84 Å². The van der Waals surface area contributed by atoms with E-state index in [0.29, 0.717) is 18.0 Å². The lowest BCUT2D eigenvalue weighted by Gasteiger charge is -2.11. The number of hydrogen-bond acceptors (Lipinski definition) is 4. The third kappa shape index (κ3) is 3.37. The molecule has 2 N–H and O–H groups in total. The normalized spacial score (nSPS) is 11.3. The molecule has 0 radical (unpaired) electrons. The standard InChI is InChI=1S/C15H17NO3S/c1-11-6-7-12(10-16)8-15(11)19-13-4-3-5-14(9-13)20(2,17)18/h3-9H,10,16H2,1-2H3. The Morgan fingerprint density at radius 1 is 1.15 bits per heavy atom. The molecular weight excluding hydrogens is 274 g/mol. The van der Waals surface area contributed by atoms with Crippen molar-refractivity contribution >= 4 is 9.84 Å². The first-order valence-corrected chi connectivity index (χ1v) is 8.07. The van der Waals surface area contributed by atoms with Crippen LogP contribution >= 0.6 is 0 Å². The molecule has 0 aliphatic rings. The van der Waals surface area contributed by atoms with Crippen molar-refractivity contribution in [3.63, 3.8) is 0 Å². The molecule has 0 saturated heterocycles. The summed E-state index contributed by atoms with van der Waals surface area (Å²) in [6.45, 7) is 2.36. The average Bonchev–Trinajstić information content (AvgIpc) is 2.41. The van der Waals surface area contributed by atoms with E-state index in [9.17, 15) is 8.42 Å². The zero-order valence-corrected chi connectivity index (χ0v) is 12.3. The van der Waals surface area contributed by atoms with Crippen molar-refractivity contribution in [2.45, 2.75) is 18.4 Å². The number of hydrogen-bond donors (Lipinski definition) is 1. The van der Waals surface area contributed by atoms with Crippen LogP contribution in [0.4, 0.5) is 0 Å². The Bertz CT molecular complexity index is 724. The van der Waals surface area contributed by atoms with Crippen molar-refractivity contribution in [3.05, 3.63) is 53.6 Å². The second-order valence-corrected chi connectivity index (χ2v) is 6.67. The van der Waals surface area contributed by atoms with Gasteiger partial charge >= 0.3 is 0 Å². The lowest BCUT2D eigenvalue weighted by Crippen LogP contribution is -1.99. The summed E-state index contributed by atoms with van der Waals surface area (Å²) in [4.78, 5) is 0.239. The number of nitrogens with two attached hydrogens (primary N) is 1. The minimum absolute atomic E-state index is 0.239. The number of ether oxygens (including phenoxy) is 1. The third-order valence-electron chi connectivity index (χ3n) is 2.95. The molecule has 2 rings (SSSR count). The Kier molecular flexibility index (Phi) is 4.11. The Balaban J connectivity index is 2.35. The quantitative estimate of drug-likeness (QED) is 0.940. The van der Waals surface area contributed by atoms with Crippen LogP contribution in [0, 0.1) is 6.92 Å². The summed E-state index contributed by atoms with van der Waals surface area (Å²) < 4.78 is 28.8. The molecule has 0 aromatic heterocycles. The summed E-state index contributed by atoms with van der Waals surface area (Å²) in [5.41, 5.74) is 7.54. The lowest BCUT2D eigenvalue weighted by atomic mass is 10.1. The predicted octanol–water partition coefficient (Wildman–Crippen LogP) is 2.65. The molecule has 0 aliphatic heterocycles. The van der Waals surface area contributed by atoms with E-state index in [4.69, 9.17) is 10.5 Å². The Morgan fingerprint density at radius 2 is 1.90 bits per heavy atom. The Hall–Kier alpha value is -1.85. The fraction of sp³-hybridized carbons (Fsp3) is 0.200. The molecule has 0 heterocycles. The fourth-order valence-electron chi connectivity index (χ4n) is 1.78. The Labute approximate surface area is 119 Å². The van der Waals surface area contributed by atoms with Crippen LogP contribution in [0.3, 0.4) is 0 Å². The molecule has 106 valence electrons. The molecule has 2 aromatic rings. The Morgan fingerprint density at radius 3 is 2.55 bits per heavy atom. The van der Waals surface area contributed by atoms with Crippen LogP contribution in [0.1, 0.15) is 11.1 Å². The van der Waals surface area contributed by atoms with Crippen molar-refractivity contribution in [3.8, 4) is 11.5 Å². The van der Waals surface area contributed by atoms with Crippen LogP contribution in [0.5, 0.6) is 11.5 Å². The highest BCUT2D eigenvalue weighted by molar-refractivity contribution is 7.90. The maximum atomic E-state index is 11.5. The molecule has 0 atom stereocenters. The van der Waals surface area contributed by atoms with Gasteiger partial charge in [0.15, 0.2) is 9.84 Å². The SMILES string of the molecule is Cc1ccc(CN)cc1Oc1cccc(S(C)(=O)=O)c1. The topological polar surface area (TPSA) is 69.4 Å². The molecule has 5 heteroatoms. The highest BCUT2D eigenvalue weighted by Gasteiger charge is 2.09. The van der Waals surface area contributed by atoms with Gasteiger partial charge in [-0.15, -0.1) is 0 Å². The van der Waals surface area contributed by atoms with Gasteiger partial charge < -0.3 is 10.5 Å². The number of aryl methyl sites for hydroxylation is 1. The second kappa shape index (κ2) is 5.64. The van der Waals surface area contributed by atoms with Crippen LogP contribution < -0.4 is 10.5 Å². The summed E-state index contributed by atoms with van der Waals surface area (Å²) in [5, 5.41) is 0. The average molecular weight is 291 g/mol. The zero-order chi connectivity index (χ0) is 14.8. The van der Waals surface area contributed by atoms with E-state index in [1.165, 1.54) is 12.3 Å². The van der Waals surface area contributed by atoms with Crippen LogP contribution in [0.15, 0.2) is 47.4 Å². The molecule has 0 saturated carbocycles. The summed E-state index contributed by atoms with van der Waals surface area (Å²) in [5.74, 6) is 1.17. The van der Waals surface area contributed by atoms with Crippen molar-refractivity contribution in [2.24, 2.45) is 5.73 Å². The van der Waals surface area contributed by atoms with Gasteiger partial charge in [0.05, 0.1) is 4.90 Å². The molecule has 0 amide bonds. The van der Waals surface area contributed by atoms with E-state index in [-0.39, 0.29) is 4.90 Å². The molecule has 0 aliphatic carbocycles. The maximum Gasteiger partial charge on any atom is 0.175 e. The van der Waals surface area contributed by atoms with Crippen LogP contribution in [-0.4, -0.2) is 14.7 Å². The van der Waals surface area contributed by atoms with Gasteiger partial charge in [0, 0.05) is 12.8 Å². The van der Waals surface area contributed by atoms with Gasteiger partial charge in [0.2, 0.25) is 0 Å². The first-order valence-electron chi connectivity index (χ1n) is 6.18. The fourth-order valence-corrected chi connectivity index (χ4v) is 2.43. The van der Waals surface area contributed by atoms with Crippen LogP contribution in [0.2, 0.25) is 0 Å². The highest BCUT2D eigenvalue weighted by Crippen LogP contribution is 2.27. The van der Waals surface area contributed by atoms with Crippen molar-refractivity contribution in [2.75, 3.05) is 6.26 Å². The number of rotatable bonds is 4. The van der Waals surface area contributed by atoms with Crippen molar-refractivity contribution in [1.29, 1.82) is 0 Å². The summed E-state index contributed by atoms with van der Waals surface area (Å²) in [6, 6.07) is 12.2. The third-order valence-corrected chi connectivity index (χ3v) is 4.06. The molecule has 0 bridgehead atoms. The van der Waals surface area contributed by atoms with E-state index in [0.717, 1.165) is 11.1 Å². The van der Waals surface area contributed by atoms with E-state index in [1.807, 2.05) is 25.1 Å². The van der Waals surface area contributed by atoms with Gasteiger partial charge in [-0.2, -0.15) is 0 Å². The molecule has 4 nitrogen and oxygen atoms in total. The molecule has 2 aromatic carbocycles. The molecule has 0 unspecified atom stereocenters. The first-order chi connectivity index (χ1) is 9.40. The number of benzene rings is 2. The first kappa shape index (κ1) is 14.6. The summed E-state index contributed by atoms with van der Waals surface area (Å²) >= 11 is 0. The van der Waals surface area contributed by atoms with Crippen molar-refractivity contribution in [1.82, 2.24) is 0 Å². The largest absolute Gasteiger partial charge is 0.457 e. The van der Waals surface area contributed by atoms with E-state index in [1.54, 1.807) is 18.2 Å². The molecule has 0 spiro atoms. The molecular formula is C15H17NO3S.